The quantitative estimate of drug-likeness (QED) is 0.620. The fourth-order valence-corrected chi connectivity index (χ4v) is 1.91. The molecule has 0 aromatic carbocycles. The molecule has 0 aliphatic carbocycles. The molecule has 0 aromatic rings. The minimum atomic E-state index is -3.46. The van der Waals surface area contributed by atoms with Crippen molar-refractivity contribution in [3.05, 3.63) is 0 Å². The second-order valence-electron chi connectivity index (χ2n) is 2.83. The highest BCUT2D eigenvalue weighted by molar-refractivity contribution is 7.51. The summed E-state index contributed by atoms with van der Waals surface area (Å²) in [5.74, 6) is 0. The Morgan fingerprint density at radius 1 is 1.75 bits per heavy atom. The van der Waals surface area contributed by atoms with Crippen molar-refractivity contribution in [2.75, 3.05) is 19.9 Å². The Balaban J connectivity index is 2.46. The standard InChI is InChI=1S/C6H13O5P/c1-12(8,9)11-5-2-3-10-6(5)4-7/h5-7H,2-4H2,1H3,(H,8,9)/t5-,6?/m1/s1. The first kappa shape index (κ1) is 10.2. The van der Waals surface area contributed by atoms with E-state index >= 15 is 0 Å². The van der Waals surface area contributed by atoms with E-state index in [9.17, 15) is 4.57 Å². The Hall–Kier alpha value is 0.0700. The fraction of sp³-hybridized carbons (Fsp3) is 1.00. The summed E-state index contributed by atoms with van der Waals surface area (Å²) >= 11 is 0. The lowest BCUT2D eigenvalue weighted by molar-refractivity contribution is 0.0101. The lowest BCUT2D eigenvalue weighted by Crippen LogP contribution is -2.26. The second-order valence-corrected chi connectivity index (χ2v) is 4.64. The first-order valence-corrected chi connectivity index (χ1v) is 5.76. The van der Waals surface area contributed by atoms with E-state index in [1.54, 1.807) is 0 Å². The van der Waals surface area contributed by atoms with Crippen molar-refractivity contribution in [1.82, 2.24) is 0 Å². The van der Waals surface area contributed by atoms with Gasteiger partial charge in [0, 0.05) is 19.7 Å². The largest absolute Gasteiger partial charge is 0.394 e. The maximum Gasteiger partial charge on any atom is 0.325 e. The SMILES string of the molecule is CP(=O)(O)O[C@@H]1CCOC1CO. The van der Waals surface area contributed by atoms with Crippen molar-refractivity contribution in [3.8, 4) is 0 Å². The van der Waals surface area contributed by atoms with E-state index in [-0.39, 0.29) is 6.61 Å². The van der Waals surface area contributed by atoms with Crippen LogP contribution in [0.1, 0.15) is 6.42 Å². The molecular weight excluding hydrogens is 183 g/mol. The van der Waals surface area contributed by atoms with Crippen LogP contribution in [0, 0.1) is 0 Å². The van der Waals surface area contributed by atoms with Crippen LogP contribution >= 0.6 is 7.60 Å². The normalized spacial score (nSPS) is 34.9. The number of rotatable bonds is 3. The summed E-state index contributed by atoms with van der Waals surface area (Å²) in [6.45, 7) is 1.42. The molecule has 5 nitrogen and oxygen atoms in total. The fourth-order valence-electron chi connectivity index (χ4n) is 1.17. The van der Waals surface area contributed by atoms with Gasteiger partial charge in [-0.25, -0.2) is 0 Å². The Morgan fingerprint density at radius 3 is 2.92 bits per heavy atom. The molecule has 0 bridgehead atoms. The van der Waals surface area contributed by atoms with Gasteiger partial charge in [0.05, 0.1) is 12.7 Å². The molecule has 1 aliphatic heterocycles. The molecule has 0 aromatic heterocycles. The van der Waals surface area contributed by atoms with Gasteiger partial charge in [-0.1, -0.05) is 0 Å². The predicted molar refractivity (Wildman–Crippen MR) is 42.1 cm³/mol. The summed E-state index contributed by atoms with van der Waals surface area (Å²) < 4.78 is 20.7. The molecule has 1 aliphatic rings. The van der Waals surface area contributed by atoms with Crippen LogP contribution in [-0.2, 0) is 13.8 Å². The van der Waals surface area contributed by atoms with Gasteiger partial charge in [0.25, 0.3) is 0 Å². The zero-order valence-corrected chi connectivity index (χ0v) is 7.74. The molecule has 3 atom stereocenters. The molecule has 0 amide bonds. The lowest BCUT2D eigenvalue weighted by atomic mass is 10.2. The van der Waals surface area contributed by atoms with E-state index in [0.29, 0.717) is 13.0 Å². The van der Waals surface area contributed by atoms with Crippen LogP contribution in [-0.4, -0.2) is 42.1 Å². The van der Waals surface area contributed by atoms with Crippen LogP contribution in [0.15, 0.2) is 0 Å². The summed E-state index contributed by atoms with van der Waals surface area (Å²) in [5, 5.41) is 8.76. The van der Waals surface area contributed by atoms with Crippen molar-refractivity contribution >= 4 is 7.60 Å². The highest BCUT2D eigenvalue weighted by Crippen LogP contribution is 2.41. The molecule has 0 radical (unpaired) electrons. The maximum atomic E-state index is 10.8. The van der Waals surface area contributed by atoms with Crippen molar-refractivity contribution < 1.29 is 23.8 Å². The van der Waals surface area contributed by atoms with Crippen LogP contribution in [0.4, 0.5) is 0 Å². The average molecular weight is 196 g/mol. The van der Waals surface area contributed by atoms with Crippen LogP contribution in [0.5, 0.6) is 0 Å². The van der Waals surface area contributed by atoms with E-state index in [4.69, 9.17) is 19.3 Å². The van der Waals surface area contributed by atoms with Gasteiger partial charge < -0.3 is 19.3 Å². The van der Waals surface area contributed by atoms with Gasteiger partial charge in [-0.05, 0) is 0 Å². The van der Waals surface area contributed by atoms with Crippen LogP contribution in [0.3, 0.4) is 0 Å². The van der Waals surface area contributed by atoms with Crippen molar-refractivity contribution in [3.63, 3.8) is 0 Å². The van der Waals surface area contributed by atoms with Gasteiger partial charge in [-0.2, -0.15) is 0 Å². The van der Waals surface area contributed by atoms with Gasteiger partial charge in [-0.3, -0.25) is 4.57 Å². The molecule has 6 heteroatoms. The first-order chi connectivity index (χ1) is 5.53. The number of aliphatic hydroxyl groups is 1. The van der Waals surface area contributed by atoms with E-state index in [1.807, 2.05) is 0 Å². The molecule has 12 heavy (non-hydrogen) atoms. The minimum absolute atomic E-state index is 0.176. The van der Waals surface area contributed by atoms with E-state index in [1.165, 1.54) is 0 Å². The average Bonchev–Trinajstić information content (AvgIpc) is 2.31. The topological polar surface area (TPSA) is 76.0 Å². The molecule has 72 valence electrons. The molecule has 1 fully saturated rings. The monoisotopic (exact) mass is 196 g/mol. The Kier molecular flexibility index (Phi) is 3.26. The summed E-state index contributed by atoms with van der Waals surface area (Å²) in [5.41, 5.74) is 0. The van der Waals surface area contributed by atoms with Gasteiger partial charge >= 0.3 is 7.60 Å². The van der Waals surface area contributed by atoms with Gasteiger partial charge in [-0.15, -0.1) is 0 Å². The van der Waals surface area contributed by atoms with Crippen molar-refractivity contribution in [2.45, 2.75) is 18.6 Å². The zero-order valence-electron chi connectivity index (χ0n) is 6.84. The number of hydrogen-bond acceptors (Lipinski definition) is 4. The number of aliphatic hydroxyl groups excluding tert-OH is 1. The van der Waals surface area contributed by atoms with Crippen LogP contribution < -0.4 is 0 Å². The first-order valence-electron chi connectivity index (χ1n) is 3.74. The summed E-state index contributed by atoms with van der Waals surface area (Å²) in [6.07, 6.45) is -0.342. The minimum Gasteiger partial charge on any atom is -0.394 e. The highest BCUT2D eigenvalue weighted by Gasteiger charge is 2.32. The van der Waals surface area contributed by atoms with Gasteiger partial charge in [0.1, 0.15) is 6.10 Å². The summed E-state index contributed by atoms with van der Waals surface area (Å²) in [7, 11) is -3.46. The molecule has 2 unspecified atom stereocenters. The maximum absolute atomic E-state index is 10.8. The Bertz CT molecular complexity index is 188. The van der Waals surface area contributed by atoms with E-state index in [2.05, 4.69) is 0 Å². The summed E-state index contributed by atoms with van der Waals surface area (Å²) in [4.78, 5) is 8.89. The van der Waals surface area contributed by atoms with Gasteiger partial charge in [0.2, 0.25) is 0 Å². The molecule has 0 spiro atoms. The predicted octanol–water partition coefficient (Wildman–Crippen LogP) is -0.0320. The Labute approximate surface area is 70.8 Å². The molecule has 2 N–H and O–H groups in total. The van der Waals surface area contributed by atoms with E-state index in [0.717, 1.165) is 6.66 Å². The third-order valence-corrected chi connectivity index (χ3v) is 2.32. The molecular formula is C6H13O5P. The summed E-state index contributed by atoms with van der Waals surface area (Å²) in [6, 6.07) is 0. The molecule has 1 rings (SSSR count). The lowest BCUT2D eigenvalue weighted by Gasteiger charge is -2.17. The van der Waals surface area contributed by atoms with Crippen molar-refractivity contribution in [2.24, 2.45) is 0 Å². The van der Waals surface area contributed by atoms with Gasteiger partial charge in [0.15, 0.2) is 0 Å². The molecule has 1 saturated heterocycles. The van der Waals surface area contributed by atoms with Crippen LogP contribution in [0.25, 0.3) is 0 Å². The number of hydrogen-bond donors (Lipinski definition) is 2. The van der Waals surface area contributed by atoms with E-state index < -0.39 is 19.8 Å². The smallest absolute Gasteiger partial charge is 0.325 e. The number of ether oxygens (including phenoxy) is 1. The molecule has 1 heterocycles. The zero-order chi connectivity index (χ0) is 9.19. The third-order valence-electron chi connectivity index (χ3n) is 1.66. The Morgan fingerprint density at radius 2 is 2.42 bits per heavy atom. The third kappa shape index (κ3) is 2.84. The van der Waals surface area contributed by atoms with Crippen LogP contribution in [0.2, 0.25) is 0 Å². The molecule has 0 saturated carbocycles. The second kappa shape index (κ2) is 3.85. The van der Waals surface area contributed by atoms with Crippen molar-refractivity contribution in [1.29, 1.82) is 0 Å². The highest BCUT2D eigenvalue weighted by atomic mass is 31.2.